The van der Waals surface area contributed by atoms with Crippen molar-refractivity contribution in [1.29, 1.82) is 0 Å². The van der Waals surface area contributed by atoms with Crippen molar-refractivity contribution >= 4 is 0 Å². The molecule has 0 bridgehead atoms. The van der Waals surface area contributed by atoms with E-state index in [4.69, 9.17) is 0 Å². The third kappa shape index (κ3) is 3.48. The first-order chi connectivity index (χ1) is 7.30. The number of hydrogen-bond acceptors (Lipinski definition) is 1. The van der Waals surface area contributed by atoms with Crippen LogP contribution in [0.5, 0.6) is 0 Å². The van der Waals surface area contributed by atoms with Gasteiger partial charge in [-0.2, -0.15) is 13.2 Å². The summed E-state index contributed by atoms with van der Waals surface area (Å²) in [7, 11) is 0. The molecule has 0 atom stereocenters. The van der Waals surface area contributed by atoms with Crippen LogP contribution in [0.2, 0.25) is 0 Å². The number of hydrogen-bond donors (Lipinski definition) is 1. The topological polar surface area (TPSA) is 12.0 Å². The van der Waals surface area contributed by atoms with Crippen LogP contribution in [0.1, 0.15) is 25.0 Å². The molecule has 90 valence electrons. The second-order valence-electron chi connectivity index (χ2n) is 3.85. The molecule has 0 aliphatic carbocycles. The third-order valence-electron chi connectivity index (χ3n) is 2.05. The highest BCUT2D eigenvalue weighted by atomic mass is 19.4. The Kier molecular flexibility index (Phi) is 3.91. The average molecular weight is 235 g/mol. The Balaban J connectivity index is 2.90. The van der Waals surface area contributed by atoms with Crippen molar-refractivity contribution in [3.05, 3.63) is 35.1 Å². The molecule has 0 saturated heterocycles. The Hall–Kier alpha value is -1.10. The summed E-state index contributed by atoms with van der Waals surface area (Å²) in [6, 6.07) is 3.20. The first kappa shape index (κ1) is 13.0. The molecule has 0 fully saturated rings. The van der Waals surface area contributed by atoms with Crippen molar-refractivity contribution in [2.75, 3.05) is 0 Å². The Morgan fingerprint density at radius 1 is 1.25 bits per heavy atom. The van der Waals surface area contributed by atoms with Gasteiger partial charge in [-0.05, 0) is 17.7 Å². The Morgan fingerprint density at radius 3 is 2.38 bits per heavy atom. The molecular formula is C11H13F4N. The van der Waals surface area contributed by atoms with Crippen LogP contribution in [0.3, 0.4) is 0 Å². The van der Waals surface area contributed by atoms with Gasteiger partial charge in [-0.15, -0.1) is 0 Å². The van der Waals surface area contributed by atoms with Crippen molar-refractivity contribution in [2.24, 2.45) is 0 Å². The van der Waals surface area contributed by atoms with Gasteiger partial charge >= 0.3 is 6.18 Å². The summed E-state index contributed by atoms with van der Waals surface area (Å²) in [4.78, 5) is 0. The molecule has 16 heavy (non-hydrogen) atoms. The molecule has 0 aromatic heterocycles. The van der Waals surface area contributed by atoms with E-state index in [-0.39, 0.29) is 6.04 Å². The van der Waals surface area contributed by atoms with E-state index in [1.807, 2.05) is 13.8 Å². The van der Waals surface area contributed by atoms with Crippen LogP contribution in [0.4, 0.5) is 17.6 Å². The zero-order valence-electron chi connectivity index (χ0n) is 9.03. The normalized spacial score (nSPS) is 12.2. The van der Waals surface area contributed by atoms with Crippen molar-refractivity contribution in [2.45, 2.75) is 32.6 Å². The molecular weight excluding hydrogens is 222 g/mol. The first-order valence-corrected chi connectivity index (χ1v) is 4.89. The zero-order valence-corrected chi connectivity index (χ0v) is 9.03. The second kappa shape index (κ2) is 4.82. The van der Waals surface area contributed by atoms with Gasteiger partial charge in [0.25, 0.3) is 0 Å². The molecule has 5 heteroatoms. The summed E-state index contributed by atoms with van der Waals surface area (Å²) in [5, 5.41) is 2.97. The molecule has 1 rings (SSSR count). The molecule has 0 saturated carbocycles. The molecule has 0 heterocycles. The largest absolute Gasteiger partial charge is 0.419 e. The van der Waals surface area contributed by atoms with Gasteiger partial charge < -0.3 is 5.32 Å². The predicted molar refractivity (Wildman–Crippen MR) is 53.4 cm³/mol. The van der Waals surface area contributed by atoms with Crippen molar-refractivity contribution in [3.63, 3.8) is 0 Å². The SMILES string of the molecule is CC(C)NCc1ccc(F)c(C(F)(F)F)c1. The monoisotopic (exact) mass is 235 g/mol. The van der Waals surface area contributed by atoms with E-state index in [9.17, 15) is 17.6 Å². The molecule has 0 amide bonds. The van der Waals surface area contributed by atoms with Gasteiger partial charge in [-0.1, -0.05) is 19.9 Å². The van der Waals surface area contributed by atoms with Gasteiger partial charge in [-0.25, -0.2) is 4.39 Å². The van der Waals surface area contributed by atoms with Crippen LogP contribution in [-0.2, 0) is 12.7 Å². The van der Waals surface area contributed by atoms with E-state index in [1.54, 1.807) is 0 Å². The fourth-order valence-corrected chi connectivity index (χ4v) is 1.22. The quantitative estimate of drug-likeness (QED) is 0.792. The van der Waals surface area contributed by atoms with Gasteiger partial charge in [0.2, 0.25) is 0 Å². The highest BCUT2D eigenvalue weighted by Crippen LogP contribution is 2.31. The lowest BCUT2D eigenvalue weighted by Gasteiger charge is -2.12. The van der Waals surface area contributed by atoms with Crippen LogP contribution < -0.4 is 5.32 Å². The fraction of sp³-hybridized carbons (Fsp3) is 0.455. The van der Waals surface area contributed by atoms with Gasteiger partial charge in [0.15, 0.2) is 0 Å². The number of benzene rings is 1. The van der Waals surface area contributed by atoms with Crippen LogP contribution in [0.15, 0.2) is 18.2 Å². The molecule has 1 aromatic carbocycles. The van der Waals surface area contributed by atoms with Gasteiger partial charge in [0.1, 0.15) is 5.82 Å². The van der Waals surface area contributed by atoms with E-state index >= 15 is 0 Å². The number of rotatable bonds is 3. The van der Waals surface area contributed by atoms with Gasteiger partial charge in [0, 0.05) is 12.6 Å². The average Bonchev–Trinajstić information content (AvgIpc) is 2.14. The lowest BCUT2D eigenvalue weighted by atomic mass is 10.1. The third-order valence-corrected chi connectivity index (χ3v) is 2.05. The van der Waals surface area contributed by atoms with E-state index in [0.29, 0.717) is 12.1 Å². The molecule has 0 spiro atoms. The molecule has 1 N–H and O–H groups in total. The molecule has 0 radical (unpaired) electrons. The Morgan fingerprint density at radius 2 is 1.88 bits per heavy atom. The smallest absolute Gasteiger partial charge is 0.310 e. The van der Waals surface area contributed by atoms with E-state index in [1.165, 1.54) is 6.07 Å². The number of alkyl halides is 3. The van der Waals surface area contributed by atoms with Crippen LogP contribution in [0, 0.1) is 5.82 Å². The van der Waals surface area contributed by atoms with Gasteiger partial charge in [-0.3, -0.25) is 0 Å². The minimum absolute atomic E-state index is 0.166. The second-order valence-corrected chi connectivity index (χ2v) is 3.85. The maximum atomic E-state index is 12.9. The highest BCUT2D eigenvalue weighted by molar-refractivity contribution is 5.27. The van der Waals surface area contributed by atoms with Crippen molar-refractivity contribution in [1.82, 2.24) is 5.32 Å². The van der Waals surface area contributed by atoms with E-state index < -0.39 is 17.6 Å². The molecule has 1 aromatic rings. The predicted octanol–water partition coefficient (Wildman–Crippen LogP) is 3.34. The molecule has 0 aliphatic rings. The molecule has 0 unspecified atom stereocenters. The summed E-state index contributed by atoms with van der Waals surface area (Å²) >= 11 is 0. The van der Waals surface area contributed by atoms with Crippen molar-refractivity contribution in [3.8, 4) is 0 Å². The summed E-state index contributed by atoms with van der Waals surface area (Å²) in [5.74, 6) is -1.24. The minimum Gasteiger partial charge on any atom is -0.310 e. The maximum absolute atomic E-state index is 12.9. The minimum atomic E-state index is -4.64. The van der Waals surface area contributed by atoms with Crippen LogP contribution in [0.25, 0.3) is 0 Å². The highest BCUT2D eigenvalue weighted by Gasteiger charge is 2.34. The van der Waals surface area contributed by atoms with E-state index in [0.717, 1.165) is 12.1 Å². The van der Waals surface area contributed by atoms with Gasteiger partial charge in [0.05, 0.1) is 5.56 Å². The lowest BCUT2D eigenvalue weighted by Crippen LogP contribution is -2.22. The standard InChI is InChI=1S/C11H13F4N/c1-7(2)16-6-8-3-4-10(12)9(5-8)11(13,14)15/h3-5,7,16H,6H2,1-2H3. The van der Waals surface area contributed by atoms with Crippen molar-refractivity contribution < 1.29 is 17.6 Å². The Bertz CT molecular complexity index is 357. The summed E-state index contributed by atoms with van der Waals surface area (Å²) < 4.78 is 50.0. The maximum Gasteiger partial charge on any atom is 0.419 e. The van der Waals surface area contributed by atoms with Crippen LogP contribution >= 0.6 is 0 Å². The first-order valence-electron chi connectivity index (χ1n) is 4.89. The summed E-state index contributed by atoms with van der Waals surface area (Å²) in [5.41, 5.74) is -0.794. The summed E-state index contributed by atoms with van der Waals surface area (Å²) in [6.45, 7) is 4.06. The lowest BCUT2D eigenvalue weighted by molar-refractivity contribution is -0.140. The Labute approximate surface area is 91.5 Å². The number of nitrogens with one attached hydrogen (secondary N) is 1. The molecule has 1 nitrogen and oxygen atoms in total. The summed E-state index contributed by atoms with van der Waals surface area (Å²) in [6.07, 6.45) is -4.64. The zero-order chi connectivity index (χ0) is 12.3. The number of halogens is 4. The fourth-order valence-electron chi connectivity index (χ4n) is 1.22. The van der Waals surface area contributed by atoms with Crippen LogP contribution in [-0.4, -0.2) is 6.04 Å². The molecule has 0 aliphatic heterocycles. The van der Waals surface area contributed by atoms with E-state index in [2.05, 4.69) is 5.32 Å².